The second kappa shape index (κ2) is 3.59. The number of nitrogens with two attached hydrogens (primary N) is 1. The summed E-state index contributed by atoms with van der Waals surface area (Å²) in [5.41, 5.74) is 0.629. The Labute approximate surface area is 86.8 Å². The van der Waals surface area contributed by atoms with E-state index in [1.54, 1.807) is 13.8 Å². The number of nitrogens with zero attached hydrogens (tertiary/aromatic N) is 1. The van der Waals surface area contributed by atoms with Crippen molar-refractivity contribution in [2.45, 2.75) is 18.9 Å². The maximum atomic E-state index is 11.1. The number of aryl methyl sites for hydroxylation is 2. The Bertz CT molecular complexity index is 522. The minimum atomic E-state index is -4.11. The van der Waals surface area contributed by atoms with Crippen LogP contribution >= 0.6 is 0 Å². The van der Waals surface area contributed by atoms with Crippen molar-refractivity contribution in [3.8, 4) is 0 Å². The van der Waals surface area contributed by atoms with Crippen molar-refractivity contribution in [2.24, 2.45) is 5.14 Å². The average molecular weight is 230 g/mol. The standard InChI is InChI=1S/C8H10N2O4S/c1-4-3-6(8(11)12)7(10-5(4)2)15(9,13)14/h3H,1-2H3,(H,11,12)(H2,9,13,14). The van der Waals surface area contributed by atoms with Gasteiger partial charge in [0.1, 0.15) is 0 Å². The lowest BCUT2D eigenvalue weighted by molar-refractivity contribution is 0.0691. The number of aromatic nitrogens is 1. The van der Waals surface area contributed by atoms with Gasteiger partial charge in [0.2, 0.25) is 0 Å². The summed E-state index contributed by atoms with van der Waals surface area (Å²) in [6.45, 7) is 3.22. The third-order valence-electron chi connectivity index (χ3n) is 1.93. The van der Waals surface area contributed by atoms with E-state index in [1.165, 1.54) is 6.07 Å². The van der Waals surface area contributed by atoms with E-state index in [2.05, 4.69) is 4.98 Å². The molecule has 0 atom stereocenters. The molecule has 0 spiro atoms. The smallest absolute Gasteiger partial charge is 0.338 e. The average Bonchev–Trinajstić information content (AvgIpc) is 2.06. The first-order chi connectivity index (χ1) is 6.73. The highest BCUT2D eigenvalue weighted by atomic mass is 32.2. The van der Waals surface area contributed by atoms with E-state index in [9.17, 15) is 13.2 Å². The molecule has 15 heavy (non-hydrogen) atoms. The number of pyridine rings is 1. The van der Waals surface area contributed by atoms with Gasteiger partial charge in [-0.25, -0.2) is 23.3 Å². The molecule has 6 nitrogen and oxygen atoms in total. The molecule has 0 aromatic carbocycles. The van der Waals surface area contributed by atoms with E-state index >= 15 is 0 Å². The van der Waals surface area contributed by atoms with Gasteiger partial charge in [-0.2, -0.15) is 0 Å². The molecule has 1 rings (SSSR count). The lowest BCUT2D eigenvalue weighted by Crippen LogP contribution is -2.19. The van der Waals surface area contributed by atoms with E-state index in [0.717, 1.165) is 0 Å². The second-order valence-corrected chi connectivity index (χ2v) is 4.57. The highest BCUT2D eigenvalue weighted by Gasteiger charge is 2.21. The summed E-state index contributed by atoms with van der Waals surface area (Å²) in [5.74, 6) is -1.37. The van der Waals surface area contributed by atoms with Crippen molar-refractivity contribution in [3.63, 3.8) is 0 Å². The van der Waals surface area contributed by atoms with Gasteiger partial charge in [0.25, 0.3) is 10.0 Å². The second-order valence-electron chi connectivity index (χ2n) is 3.09. The van der Waals surface area contributed by atoms with Crippen LogP contribution in [0.4, 0.5) is 0 Å². The summed E-state index contributed by atoms with van der Waals surface area (Å²) < 4.78 is 22.1. The minimum Gasteiger partial charge on any atom is -0.478 e. The van der Waals surface area contributed by atoms with Crippen LogP contribution in [0.2, 0.25) is 0 Å². The normalized spacial score (nSPS) is 11.4. The highest BCUT2D eigenvalue weighted by molar-refractivity contribution is 7.89. The Morgan fingerprint density at radius 2 is 2.00 bits per heavy atom. The highest BCUT2D eigenvalue weighted by Crippen LogP contribution is 2.15. The van der Waals surface area contributed by atoms with Crippen LogP contribution in [0, 0.1) is 13.8 Å². The molecule has 3 N–H and O–H groups in total. The predicted molar refractivity (Wildman–Crippen MR) is 52.0 cm³/mol. The van der Waals surface area contributed by atoms with Crippen LogP contribution in [-0.4, -0.2) is 24.5 Å². The number of aromatic carboxylic acids is 1. The lowest BCUT2D eigenvalue weighted by Gasteiger charge is -2.06. The summed E-state index contributed by atoms with van der Waals surface area (Å²) in [7, 11) is -4.11. The van der Waals surface area contributed by atoms with Crippen molar-refractivity contribution < 1.29 is 18.3 Å². The maximum Gasteiger partial charge on any atom is 0.338 e. The molecule has 82 valence electrons. The van der Waals surface area contributed by atoms with Gasteiger partial charge in [-0.15, -0.1) is 0 Å². The first kappa shape index (κ1) is 11.6. The van der Waals surface area contributed by atoms with Crippen LogP contribution in [0.3, 0.4) is 0 Å². The monoisotopic (exact) mass is 230 g/mol. The van der Waals surface area contributed by atoms with Gasteiger partial charge in [0.15, 0.2) is 5.03 Å². The molecular weight excluding hydrogens is 220 g/mol. The molecule has 0 aliphatic rings. The zero-order chi connectivity index (χ0) is 11.8. The largest absolute Gasteiger partial charge is 0.478 e. The lowest BCUT2D eigenvalue weighted by atomic mass is 10.2. The summed E-state index contributed by atoms with van der Waals surface area (Å²) >= 11 is 0. The quantitative estimate of drug-likeness (QED) is 0.745. The van der Waals surface area contributed by atoms with Crippen molar-refractivity contribution in [2.75, 3.05) is 0 Å². The van der Waals surface area contributed by atoms with Gasteiger partial charge in [-0.3, -0.25) is 0 Å². The molecule has 0 fully saturated rings. The van der Waals surface area contributed by atoms with Crippen LogP contribution in [0.15, 0.2) is 11.1 Å². The maximum absolute atomic E-state index is 11.1. The fraction of sp³-hybridized carbons (Fsp3) is 0.250. The molecule has 1 aromatic rings. The van der Waals surface area contributed by atoms with Gasteiger partial charge in [-0.1, -0.05) is 0 Å². The number of carboxylic acid groups (broad SMARTS) is 1. The number of primary sulfonamides is 1. The van der Waals surface area contributed by atoms with E-state index in [1.807, 2.05) is 0 Å². The number of sulfonamides is 1. The molecular formula is C8H10N2O4S. The summed E-state index contributed by atoms with van der Waals surface area (Å²) in [6, 6.07) is 1.24. The number of hydrogen-bond acceptors (Lipinski definition) is 4. The van der Waals surface area contributed by atoms with Crippen molar-refractivity contribution in [3.05, 3.63) is 22.9 Å². The zero-order valence-corrected chi connectivity index (χ0v) is 9.00. The number of carboxylic acids is 1. The van der Waals surface area contributed by atoms with Crippen molar-refractivity contribution in [1.29, 1.82) is 0 Å². The Balaban J connectivity index is 3.64. The van der Waals surface area contributed by atoms with E-state index in [0.29, 0.717) is 11.3 Å². The SMILES string of the molecule is Cc1cc(C(=O)O)c(S(N)(=O)=O)nc1C. The third-order valence-corrected chi connectivity index (χ3v) is 2.78. The number of carbonyl (C=O) groups is 1. The van der Waals surface area contributed by atoms with Crippen LogP contribution in [-0.2, 0) is 10.0 Å². The molecule has 7 heteroatoms. The number of hydrogen-bond donors (Lipinski definition) is 2. The van der Waals surface area contributed by atoms with E-state index < -0.39 is 26.6 Å². The molecule has 0 bridgehead atoms. The zero-order valence-electron chi connectivity index (χ0n) is 8.18. The molecule has 0 aliphatic carbocycles. The summed E-state index contributed by atoms with van der Waals surface area (Å²) in [5, 5.41) is 13.0. The molecule has 0 aliphatic heterocycles. The van der Waals surface area contributed by atoms with Gasteiger partial charge in [0, 0.05) is 5.69 Å². The molecule has 0 saturated heterocycles. The van der Waals surface area contributed by atoms with Crippen molar-refractivity contribution in [1.82, 2.24) is 4.98 Å². The fourth-order valence-electron chi connectivity index (χ4n) is 1.05. The van der Waals surface area contributed by atoms with Crippen LogP contribution in [0.25, 0.3) is 0 Å². The third kappa shape index (κ3) is 2.31. The van der Waals surface area contributed by atoms with Gasteiger partial charge < -0.3 is 5.11 Å². The van der Waals surface area contributed by atoms with Gasteiger partial charge in [-0.05, 0) is 25.5 Å². The van der Waals surface area contributed by atoms with Gasteiger partial charge >= 0.3 is 5.97 Å². The summed E-state index contributed by atoms with van der Waals surface area (Å²) in [4.78, 5) is 14.4. The first-order valence-electron chi connectivity index (χ1n) is 3.98. The van der Waals surface area contributed by atoms with Crippen molar-refractivity contribution >= 4 is 16.0 Å². The topological polar surface area (TPSA) is 110 Å². The van der Waals surface area contributed by atoms with Crippen LogP contribution < -0.4 is 5.14 Å². The minimum absolute atomic E-state index is 0.402. The molecule has 0 amide bonds. The number of rotatable bonds is 2. The van der Waals surface area contributed by atoms with E-state index in [-0.39, 0.29) is 0 Å². The predicted octanol–water partition coefficient (Wildman–Crippen LogP) is 0.0440. The van der Waals surface area contributed by atoms with Gasteiger partial charge in [0.05, 0.1) is 5.56 Å². The summed E-state index contributed by atoms with van der Waals surface area (Å²) in [6.07, 6.45) is 0. The molecule has 0 radical (unpaired) electrons. The molecule has 1 heterocycles. The molecule has 0 unspecified atom stereocenters. The van der Waals surface area contributed by atoms with Crippen LogP contribution in [0.1, 0.15) is 21.6 Å². The van der Waals surface area contributed by atoms with E-state index in [4.69, 9.17) is 10.2 Å². The Hall–Kier alpha value is -1.47. The van der Waals surface area contributed by atoms with Crippen LogP contribution in [0.5, 0.6) is 0 Å². The molecule has 0 saturated carbocycles. The Morgan fingerprint density at radius 1 is 1.47 bits per heavy atom. The first-order valence-corrected chi connectivity index (χ1v) is 5.52. The Morgan fingerprint density at radius 3 is 2.40 bits per heavy atom. The fourth-order valence-corrected chi connectivity index (χ4v) is 1.77. The Kier molecular flexibility index (Phi) is 2.78. The molecule has 1 aromatic heterocycles.